The Bertz CT molecular complexity index is 297. The van der Waals surface area contributed by atoms with Crippen molar-refractivity contribution in [1.29, 1.82) is 0 Å². The molecule has 3 N–H and O–H groups in total. The highest BCUT2D eigenvalue weighted by molar-refractivity contribution is 5.26. The summed E-state index contributed by atoms with van der Waals surface area (Å²) in [6, 6.07) is 7.30. The zero-order valence-corrected chi connectivity index (χ0v) is 7.98. The van der Waals surface area contributed by atoms with Crippen molar-refractivity contribution in [2.75, 3.05) is 6.54 Å². The van der Waals surface area contributed by atoms with Crippen LogP contribution in [0.15, 0.2) is 24.3 Å². The van der Waals surface area contributed by atoms with Gasteiger partial charge in [-0.15, -0.1) is 0 Å². The molecule has 0 aliphatic carbocycles. The van der Waals surface area contributed by atoms with Gasteiger partial charge in [0.15, 0.2) is 0 Å². The summed E-state index contributed by atoms with van der Waals surface area (Å²) in [5.74, 6) is 0.286. The summed E-state index contributed by atoms with van der Waals surface area (Å²) >= 11 is 0. The number of benzene rings is 1. The van der Waals surface area contributed by atoms with Gasteiger partial charge in [-0.05, 0) is 37.1 Å². The van der Waals surface area contributed by atoms with Gasteiger partial charge in [0.25, 0.3) is 0 Å². The van der Waals surface area contributed by atoms with Crippen LogP contribution in [0.1, 0.15) is 12.0 Å². The highest BCUT2D eigenvalue weighted by Gasteiger charge is 2.24. The van der Waals surface area contributed by atoms with Gasteiger partial charge in [-0.25, -0.2) is 0 Å². The molecule has 14 heavy (non-hydrogen) atoms. The largest absolute Gasteiger partial charge is 0.508 e. The smallest absolute Gasteiger partial charge is 0.115 e. The van der Waals surface area contributed by atoms with Crippen molar-refractivity contribution in [2.24, 2.45) is 0 Å². The fourth-order valence-corrected chi connectivity index (χ4v) is 1.85. The Hall–Kier alpha value is -1.06. The Balaban J connectivity index is 2.00. The number of hydrogen-bond donors (Lipinski definition) is 3. The van der Waals surface area contributed by atoms with Crippen LogP contribution in [0.3, 0.4) is 0 Å². The molecule has 0 radical (unpaired) electrons. The fourth-order valence-electron chi connectivity index (χ4n) is 1.85. The van der Waals surface area contributed by atoms with Gasteiger partial charge in [0, 0.05) is 6.04 Å². The third kappa shape index (κ3) is 2.05. The van der Waals surface area contributed by atoms with Gasteiger partial charge >= 0.3 is 0 Å². The van der Waals surface area contributed by atoms with E-state index in [0.717, 1.165) is 24.9 Å². The van der Waals surface area contributed by atoms with E-state index in [1.165, 1.54) is 0 Å². The first-order valence-electron chi connectivity index (χ1n) is 4.95. The summed E-state index contributed by atoms with van der Waals surface area (Å²) in [6.07, 6.45) is 1.42. The lowest BCUT2D eigenvalue weighted by Gasteiger charge is -2.14. The van der Waals surface area contributed by atoms with Crippen LogP contribution in [0.4, 0.5) is 0 Å². The summed E-state index contributed by atoms with van der Waals surface area (Å²) in [7, 11) is 0. The van der Waals surface area contributed by atoms with E-state index in [1.54, 1.807) is 12.1 Å². The van der Waals surface area contributed by atoms with Crippen LogP contribution in [0.25, 0.3) is 0 Å². The van der Waals surface area contributed by atoms with E-state index in [4.69, 9.17) is 5.11 Å². The molecule has 2 rings (SSSR count). The fraction of sp³-hybridized carbons (Fsp3) is 0.455. The van der Waals surface area contributed by atoms with E-state index < -0.39 is 0 Å². The maximum atomic E-state index is 9.59. The summed E-state index contributed by atoms with van der Waals surface area (Å²) in [6.45, 7) is 0.893. The van der Waals surface area contributed by atoms with E-state index in [1.807, 2.05) is 12.1 Å². The number of nitrogens with one attached hydrogen (secondary N) is 1. The lowest BCUT2D eigenvalue weighted by atomic mass is 10.0. The van der Waals surface area contributed by atoms with Gasteiger partial charge in [-0.3, -0.25) is 0 Å². The van der Waals surface area contributed by atoms with Crippen LogP contribution in [0.5, 0.6) is 5.75 Å². The van der Waals surface area contributed by atoms with Crippen LogP contribution in [0.2, 0.25) is 0 Å². The lowest BCUT2D eigenvalue weighted by Crippen LogP contribution is -2.32. The second-order valence-electron chi connectivity index (χ2n) is 3.79. The van der Waals surface area contributed by atoms with Crippen LogP contribution < -0.4 is 5.32 Å². The van der Waals surface area contributed by atoms with Gasteiger partial charge in [0.1, 0.15) is 5.75 Å². The molecule has 0 spiro atoms. The molecule has 1 fully saturated rings. The van der Waals surface area contributed by atoms with Crippen molar-refractivity contribution in [3.8, 4) is 5.75 Å². The normalized spacial score (nSPS) is 26.6. The highest BCUT2D eigenvalue weighted by atomic mass is 16.3. The highest BCUT2D eigenvalue weighted by Crippen LogP contribution is 2.15. The van der Waals surface area contributed by atoms with Gasteiger partial charge in [-0.2, -0.15) is 0 Å². The minimum absolute atomic E-state index is 0.166. The maximum Gasteiger partial charge on any atom is 0.115 e. The van der Waals surface area contributed by atoms with Crippen molar-refractivity contribution in [3.63, 3.8) is 0 Å². The molecule has 1 heterocycles. The Morgan fingerprint density at radius 3 is 2.57 bits per heavy atom. The summed E-state index contributed by atoms with van der Waals surface area (Å²) in [5.41, 5.74) is 1.14. The van der Waals surface area contributed by atoms with Crippen molar-refractivity contribution in [2.45, 2.75) is 25.0 Å². The summed E-state index contributed by atoms with van der Waals surface area (Å²) < 4.78 is 0. The second kappa shape index (κ2) is 3.98. The van der Waals surface area contributed by atoms with Crippen molar-refractivity contribution in [3.05, 3.63) is 29.8 Å². The third-order valence-corrected chi connectivity index (χ3v) is 2.70. The first kappa shape index (κ1) is 9.49. The van der Waals surface area contributed by atoms with Crippen LogP contribution in [-0.4, -0.2) is 28.9 Å². The van der Waals surface area contributed by atoms with E-state index in [9.17, 15) is 5.11 Å². The van der Waals surface area contributed by atoms with Crippen LogP contribution in [-0.2, 0) is 6.42 Å². The van der Waals surface area contributed by atoms with Crippen LogP contribution >= 0.6 is 0 Å². The predicted octanol–water partition coefficient (Wildman–Crippen LogP) is 0.657. The molecule has 3 heteroatoms. The first-order valence-corrected chi connectivity index (χ1v) is 4.95. The molecule has 1 saturated heterocycles. The Morgan fingerprint density at radius 1 is 1.29 bits per heavy atom. The molecule has 0 aromatic heterocycles. The molecule has 3 nitrogen and oxygen atoms in total. The minimum Gasteiger partial charge on any atom is -0.508 e. The number of aromatic hydroxyl groups is 1. The van der Waals surface area contributed by atoms with Gasteiger partial charge < -0.3 is 15.5 Å². The molecular formula is C11H15NO2. The maximum absolute atomic E-state index is 9.59. The first-order chi connectivity index (χ1) is 6.75. The standard InChI is InChI=1S/C11H15NO2/c13-9-3-1-8(2-4-9)7-10-11(14)5-6-12-10/h1-4,10-14H,5-7H2. The molecule has 2 atom stereocenters. The molecule has 1 aliphatic rings. The number of hydrogen-bond acceptors (Lipinski definition) is 3. The van der Waals surface area contributed by atoms with E-state index in [0.29, 0.717) is 0 Å². The molecule has 1 aromatic carbocycles. The van der Waals surface area contributed by atoms with Crippen molar-refractivity contribution in [1.82, 2.24) is 5.32 Å². The Labute approximate surface area is 83.4 Å². The Morgan fingerprint density at radius 2 is 2.00 bits per heavy atom. The molecule has 1 aromatic rings. The number of aliphatic hydroxyl groups excluding tert-OH is 1. The van der Waals surface area contributed by atoms with Gasteiger partial charge in [0.05, 0.1) is 6.10 Å². The predicted molar refractivity (Wildman–Crippen MR) is 54.2 cm³/mol. The number of phenolic OH excluding ortho intramolecular Hbond substituents is 1. The average Bonchev–Trinajstić information content (AvgIpc) is 2.56. The average molecular weight is 193 g/mol. The molecular weight excluding hydrogens is 178 g/mol. The topological polar surface area (TPSA) is 52.5 Å². The zero-order chi connectivity index (χ0) is 9.97. The van der Waals surface area contributed by atoms with Gasteiger partial charge in [-0.1, -0.05) is 12.1 Å². The second-order valence-corrected chi connectivity index (χ2v) is 3.79. The van der Waals surface area contributed by atoms with Crippen LogP contribution in [0, 0.1) is 0 Å². The van der Waals surface area contributed by atoms with Crippen molar-refractivity contribution >= 4 is 0 Å². The SMILES string of the molecule is Oc1ccc(CC2NCCC2O)cc1. The number of rotatable bonds is 2. The molecule has 0 bridgehead atoms. The number of aliphatic hydroxyl groups is 1. The quantitative estimate of drug-likeness (QED) is 0.646. The minimum atomic E-state index is -0.233. The molecule has 0 saturated carbocycles. The van der Waals surface area contributed by atoms with Gasteiger partial charge in [0.2, 0.25) is 0 Å². The third-order valence-electron chi connectivity index (χ3n) is 2.70. The van der Waals surface area contributed by atoms with Crippen molar-refractivity contribution < 1.29 is 10.2 Å². The van der Waals surface area contributed by atoms with E-state index in [-0.39, 0.29) is 17.9 Å². The summed E-state index contributed by atoms with van der Waals surface area (Å²) in [5, 5.41) is 22.0. The van der Waals surface area contributed by atoms with E-state index >= 15 is 0 Å². The lowest BCUT2D eigenvalue weighted by molar-refractivity contribution is 0.159. The number of phenols is 1. The van der Waals surface area contributed by atoms with E-state index in [2.05, 4.69) is 5.32 Å². The zero-order valence-electron chi connectivity index (χ0n) is 7.98. The molecule has 1 aliphatic heterocycles. The monoisotopic (exact) mass is 193 g/mol. The molecule has 76 valence electrons. The Kier molecular flexibility index (Phi) is 2.70. The molecule has 0 amide bonds. The molecule has 2 unspecified atom stereocenters. The summed E-state index contributed by atoms with van der Waals surface area (Å²) in [4.78, 5) is 0.